The number of nitrogens with one attached hydrogen (secondary N) is 1. The lowest BCUT2D eigenvalue weighted by Crippen LogP contribution is -2.14. The summed E-state index contributed by atoms with van der Waals surface area (Å²) in [5.74, 6) is 1.94. The molecule has 1 aromatic heterocycles. The Kier molecular flexibility index (Phi) is 5.32. The summed E-state index contributed by atoms with van der Waals surface area (Å²) in [5.41, 5.74) is 2.89. The van der Waals surface area contributed by atoms with E-state index in [1.165, 1.54) is 14.2 Å². The summed E-state index contributed by atoms with van der Waals surface area (Å²) in [4.78, 5) is 4.41. The van der Waals surface area contributed by atoms with Gasteiger partial charge in [0.25, 0.3) is 0 Å². The number of ether oxygens (including phenoxy) is 2. The molecule has 0 atom stereocenters. The molecule has 0 unspecified atom stereocenters. The van der Waals surface area contributed by atoms with Crippen molar-refractivity contribution in [2.24, 2.45) is 0 Å². The van der Waals surface area contributed by atoms with E-state index in [0.29, 0.717) is 23.9 Å². The normalized spacial score (nSPS) is 12.9. The van der Waals surface area contributed by atoms with E-state index in [-0.39, 0.29) is 18.1 Å². The maximum absolute atomic E-state index is 13.0. The highest BCUT2D eigenvalue weighted by Crippen LogP contribution is 2.47. The van der Waals surface area contributed by atoms with Crippen molar-refractivity contribution in [3.8, 4) is 23.0 Å². The van der Waals surface area contributed by atoms with E-state index in [0.717, 1.165) is 16.7 Å². The van der Waals surface area contributed by atoms with Crippen molar-refractivity contribution in [1.29, 1.82) is 0 Å². The molecule has 0 amide bonds. The largest absolute Gasteiger partial charge is 0.454 e. The zero-order chi connectivity index (χ0) is 20.4. The molecule has 0 aliphatic carbocycles. The summed E-state index contributed by atoms with van der Waals surface area (Å²) < 4.78 is 39.9. The Morgan fingerprint density at radius 2 is 1.79 bits per heavy atom. The number of fused-ring (bicyclic) bond motifs is 1. The lowest BCUT2D eigenvalue weighted by atomic mass is 10.1. The molecule has 9 heteroatoms. The number of aromatic nitrogens is 1. The molecule has 0 spiro atoms. The number of anilines is 1. The highest BCUT2D eigenvalue weighted by molar-refractivity contribution is 7.62. The van der Waals surface area contributed by atoms with Gasteiger partial charge in [-0.2, -0.15) is 4.98 Å². The van der Waals surface area contributed by atoms with Crippen LogP contribution in [0.4, 0.5) is 5.88 Å². The number of benzene rings is 2. The van der Waals surface area contributed by atoms with Crippen LogP contribution in [-0.2, 0) is 20.2 Å². The minimum atomic E-state index is -3.63. The zero-order valence-electron chi connectivity index (χ0n) is 16.3. The second-order valence-corrected chi connectivity index (χ2v) is 8.59. The molecule has 2 heterocycles. The first-order valence-electron chi connectivity index (χ1n) is 8.95. The van der Waals surface area contributed by atoms with E-state index >= 15 is 0 Å². The topological polar surface area (TPSA) is 92.1 Å². The number of rotatable bonds is 7. The molecule has 29 heavy (non-hydrogen) atoms. The SMILES string of the molecule is COP(=O)(OC)c1nc(-c2ccc(C)cc2)oc1NCc1ccc2c(c1)OCO2. The van der Waals surface area contributed by atoms with Gasteiger partial charge in [0.1, 0.15) is 0 Å². The molecule has 4 rings (SSSR count). The highest BCUT2D eigenvalue weighted by atomic mass is 31.2. The van der Waals surface area contributed by atoms with Gasteiger partial charge in [-0.05, 0) is 36.8 Å². The van der Waals surface area contributed by atoms with Crippen LogP contribution in [0.3, 0.4) is 0 Å². The van der Waals surface area contributed by atoms with E-state index in [4.69, 9.17) is 22.9 Å². The lowest BCUT2D eigenvalue weighted by Gasteiger charge is -2.12. The third kappa shape index (κ3) is 3.87. The number of aryl methyl sites for hydroxylation is 1. The lowest BCUT2D eigenvalue weighted by molar-refractivity contribution is 0.174. The predicted molar refractivity (Wildman–Crippen MR) is 108 cm³/mol. The van der Waals surface area contributed by atoms with Crippen LogP contribution >= 0.6 is 7.60 Å². The molecule has 2 aromatic carbocycles. The summed E-state index contributed by atoms with van der Waals surface area (Å²) in [6.45, 7) is 2.59. The molecular weight excluding hydrogens is 395 g/mol. The van der Waals surface area contributed by atoms with Gasteiger partial charge < -0.3 is 28.3 Å². The van der Waals surface area contributed by atoms with Crippen LogP contribution in [0, 0.1) is 6.92 Å². The van der Waals surface area contributed by atoms with Crippen LogP contribution in [0.15, 0.2) is 46.9 Å². The van der Waals surface area contributed by atoms with Gasteiger partial charge in [0, 0.05) is 26.3 Å². The molecule has 1 aliphatic heterocycles. The Balaban J connectivity index is 1.65. The summed E-state index contributed by atoms with van der Waals surface area (Å²) in [5, 5.41) is 3.14. The first-order valence-corrected chi connectivity index (χ1v) is 10.5. The summed E-state index contributed by atoms with van der Waals surface area (Å²) in [6.07, 6.45) is 0. The summed E-state index contributed by atoms with van der Waals surface area (Å²) in [7, 11) is -1.00. The minimum absolute atomic E-state index is 0.0961. The van der Waals surface area contributed by atoms with Crippen molar-refractivity contribution in [3.63, 3.8) is 0 Å². The average molecular weight is 416 g/mol. The van der Waals surface area contributed by atoms with Crippen molar-refractivity contribution in [1.82, 2.24) is 4.98 Å². The molecule has 0 bridgehead atoms. The molecule has 0 saturated carbocycles. The fourth-order valence-corrected chi connectivity index (χ4v) is 3.99. The van der Waals surface area contributed by atoms with E-state index in [2.05, 4.69) is 10.3 Å². The van der Waals surface area contributed by atoms with Gasteiger partial charge in [-0.15, -0.1) is 0 Å². The van der Waals surface area contributed by atoms with Crippen molar-refractivity contribution < 1.29 is 27.5 Å². The maximum Gasteiger partial charge on any atom is 0.384 e. The fraction of sp³-hybridized carbons (Fsp3) is 0.250. The summed E-state index contributed by atoms with van der Waals surface area (Å²) >= 11 is 0. The Morgan fingerprint density at radius 3 is 2.52 bits per heavy atom. The predicted octanol–water partition coefficient (Wildman–Crippen LogP) is 4.10. The first kappa shape index (κ1) is 19.5. The smallest absolute Gasteiger partial charge is 0.384 e. The van der Waals surface area contributed by atoms with Gasteiger partial charge in [-0.3, -0.25) is 4.57 Å². The van der Waals surface area contributed by atoms with Crippen LogP contribution in [0.2, 0.25) is 0 Å². The molecule has 1 aliphatic rings. The molecule has 0 fully saturated rings. The molecular formula is C20H21N2O6P. The molecule has 0 radical (unpaired) electrons. The van der Waals surface area contributed by atoms with E-state index in [1.54, 1.807) is 0 Å². The zero-order valence-corrected chi connectivity index (χ0v) is 17.2. The monoisotopic (exact) mass is 416 g/mol. The Morgan fingerprint density at radius 1 is 1.07 bits per heavy atom. The van der Waals surface area contributed by atoms with Gasteiger partial charge in [0.05, 0.1) is 0 Å². The average Bonchev–Trinajstić information content (AvgIpc) is 3.39. The van der Waals surface area contributed by atoms with E-state index in [9.17, 15) is 4.57 Å². The van der Waals surface area contributed by atoms with Gasteiger partial charge in [-0.1, -0.05) is 23.8 Å². The Hall–Kier alpha value is -2.80. The van der Waals surface area contributed by atoms with Gasteiger partial charge in [-0.25, -0.2) is 0 Å². The third-order valence-electron chi connectivity index (χ3n) is 4.54. The number of oxazole rings is 1. The van der Waals surface area contributed by atoms with Crippen LogP contribution in [0.25, 0.3) is 11.5 Å². The maximum atomic E-state index is 13.0. The Bertz CT molecular complexity index is 1060. The quantitative estimate of drug-likeness (QED) is 0.576. The second kappa shape index (κ2) is 7.91. The molecule has 3 aromatic rings. The standard InChI is InChI=1S/C20H21N2O6P/c1-13-4-7-15(8-5-13)18-22-20(29(23,24-2)25-3)19(28-18)21-11-14-6-9-16-17(10-14)27-12-26-16/h4-10,21H,11-12H2,1-3H3. The van der Waals surface area contributed by atoms with Gasteiger partial charge in [0.15, 0.2) is 11.5 Å². The van der Waals surface area contributed by atoms with Crippen LogP contribution in [-0.4, -0.2) is 26.0 Å². The van der Waals surface area contributed by atoms with Crippen molar-refractivity contribution >= 4 is 18.9 Å². The number of hydrogen-bond acceptors (Lipinski definition) is 8. The molecule has 152 valence electrons. The molecule has 0 saturated heterocycles. The van der Waals surface area contributed by atoms with Crippen molar-refractivity contribution in [2.45, 2.75) is 13.5 Å². The third-order valence-corrected chi connectivity index (χ3v) is 6.32. The van der Waals surface area contributed by atoms with E-state index < -0.39 is 7.60 Å². The first-order chi connectivity index (χ1) is 14.0. The highest BCUT2D eigenvalue weighted by Gasteiger charge is 2.34. The number of nitrogens with zero attached hydrogens (tertiary/aromatic N) is 1. The van der Waals surface area contributed by atoms with Crippen LogP contribution < -0.4 is 20.2 Å². The van der Waals surface area contributed by atoms with Crippen LogP contribution in [0.1, 0.15) is 11.1 Å². The van der Waals surface area contributed by atoms with Crippen LogP contribution in [0.5, 0.6) is 11.5 Å². The Labute approximate surface area is 168 Å². The second-order valence-electron chi connectivity index (χ2n) is 6.44. The van der Waals surface area contributed by atoms with Crippen molar-refractivity contribution in [3.05, 3.63) is 53.6 Å². The summed E-state index contributed by atoms with van der Waals surface area (Å²) in [6, 6.07) is 13.3. The molecule has 1 N–H and O–H groups in total. The number of hydrogen-bond donors (Lipinski definition) is 1. The fourth-order valence-electron chi connectivity index (χ4n) is 2.91. The molecule has 8 nitrogen and oxygen atoms in total. The van der Waals surface area contributed by atoms with Crippen molar-refractivity contribution in [2.75, 3.05) is 26.3 Å². The van der Waals surface area contributed by atoms with E-state index in [1.807, 2.05) is 49.4 Å². The van der Waals surface area contributed by atoms with Gasteiger partial charge >= 0.3 is 7.60 Å². The minimum Gasteiger partial charge on any atom is -0.454 e. The van der Waals surface area contributed by atoms with Gasteiger partial charge in [0.2, 0.25) is 24.0 Å².